The van der Waals surface area contributed by atoms with Gasteiger partial charge in [-0.05, 0) is 73.6 Å². The van der Waals surface area contributed by atoms with Crippen molar-refractivity contribution in [2.45, 2.75) is 61.7 Å². The van der Waals surface area contributed by atoms with Crippen LogP contribution in [-0.2, 0) is 15.4 Å². The summed E-state index contributed by atoms with van der Waals surface area (Å²) >= 11 is 3.58. The molecule has 0 N–H and O–H groups in total. The maximum absolute atomic E-state index is 13.7. The van der Waals surface area contributed by atoms with Gasteiger partial charge in [0.15, 0.2) is 0 Å². The summed E-state index contributed by atoms with van der Waals surface area (Å²) in [5.41, 5.74) is 2.23. The first kappa shape index (κ1) is 24.8. The molecule has 0 bridgehead atoms. The van der Waals surface area contributed by atoms with Crippen molar-refractivity contribution in [2.24, 2.45) is 5.92 Å². The Morgan fingerprint density at radius 1 is 1.03 bits per heavy atom. The number of halogens is 3. The number of amides is 1. The van der Waals surface area contributed by atoms with Crippen molar-refractivity contribution in [3.05, 3.63) is 58.1 Å². The van der Waals surface area contributed by atoms with Crippen molar-refractivity contribution in [3.8, 4) is 0 Å². The first-order valence-electron chi connectivity index (χ1n) is 12.1. The van der Waals surface area contributed by atoms with E-state index >= 15 is 0 Å². The summed E-state index contributed by atoms with van der Waals surface area (Å²) in [7, 11) is -3.97. The van der Waals surface area contributed by atoms with E-state index in [0.717, 1.165) is 40.1 Å². The number of rotatable bonds is 3. The van der Waals surface area contributed by atoms with Crippen LogP contribution < -0.4 is 4.90 Å². The highest BCUT2D eigenvalue weighted by molar-refractivity contribution is 9.10. The summed E-state index contributed by atoms with van der Waals surface area (Å²) in [6.45, 7) is 2.37. The zero-order chi connectivity index (χ0) is 25.0. The van der Waals surface area contributed by atoms with Crippen LogP contribution in [0.5, 0.6) is 0 Å². The van der Waals surface area contributed by atoms with Gasteiger partial charge in [0, 0.05) is 53.6 Å². The number of nitrogens with zero attached hydrogens (tertiary/aromatic N) is 2. The molecule has 2 fully saturated rings. The van der Waals surface area contributed by atoms with E-state index in [1.165, 1.54) is 17.7 Å². The molecule has 1 aliphatic carbocycles. The molecule has 0 unspecified atom stereocenters. The zero-order valence-corrected chi connectivity index (χ0v) is 22.0. The molecule has 1 saturated heterocycles. The zero-order valence-electron chi connectivity index (χ0n) is 19.6. The second-order valence-electron chi connectivity index (χ2n) is 10.3. The fourth-order valence-electron chi connectivity index (χ4n) is 5.71. The summed E-state index contributed by atoms with van der Waals surface area (Å²) < 4.78 is 55.5. The number of alkyl halides is 2. The van der Waals surface area contributed by atoms with Gasteiger partial charge in [0.2, 0.25) is 10.0 Å². The highest BCUT2D eigenvalue weighted by atomic mass is 79.9. The first-order chi connectivity index (χ1) is 16.5. The average Bonchev–Trinajstić information content (AvgIpc) is 3.13. The summed E-state index contributed by atoms with van der Waals surface area (Å²) in [5, 5.41) is 0. The molecule has 3 aliphatic rings. The van der Waals surface area contributed by atoms with Gasteiger partial charge >= 0.3 is 0 Å². The average molecular weight is 567 g/mol. The van der Waals surface area contributed by atoms with E-state index < -0.39 is 28.8 Å². The fourth-order valence-corrected chi connectivity index (χ4v) is 7.56. The van der Waals surface area contributed by atoms with Crippen LogP contribution in [0.1, 0.15) is 61.4 Å². The lowest BCUT2D eigenvalue weighted by Crippen LogP contribution is -2.42. The predicted octanol–water partition coefficient (Wildman–Crippen LogP) is 5.98. The molecule has 35 heavy (non-hydrogen) atoms. The standard InChI is InChI=1S/C26H29BrF2N2O3S/c1-18-7-9-25(10-8-18)17-31(23-6-5-20(27)16-22(23)25)24(32)19-3-2-4-21(15-19)35(33,34)30-13-11-26(28,29)12-14-30/h2-6,15-16,18H,7-14,17H2,1H3. The molecule has 2 heterocycles. The maximum atomic E-state index is 13.7. The van der Waals surface area contributed by atoms with Gasteiger partial charge < -0.3 is 4.90 Å². The van der Waals surface area contributed by atoms with Crippen LogP contribution in [0.3, 0.4) is 0 Å². The Morgan fingerprint density at radius 3 is 2.40 bits per heavy atom. The summed E-state index contributed by atoms with van der Waals surface area (Å²) in [5.74, 6) is -2.42. The molecule has 1 amide bonds. The third kappa shape index (κ3) is 4.55. The van der Waals surface area contributed by atoms with Gasteiger partial charge in [0.1, 0.15) is 0 Å². The van der Waals surface area contributed by atoms with Crippen molar-refractivity contribution in [1.29, 1.82) is 0 Å². The Balaban J connectivity index is 1.44. The van der Waals surface area contributed by atoms with Crippen LogP contribution in [0, 0.1) is 5.92 Å². The molecule has 1 saturated carbocycles. The van der Waals surface area contributed by atoms with Crippen LogP contribution >= 0.6 is 15.9 Å². The summed E-state index contributed by atoms with van der Waals surface area (Å²) in [4.78, 5) is 15.5. The Hall–Kier alpha value is -1.84. The van der Waals surface area contributed by atoms with E-state index in [0.29, 0.717) is 12.5 Å². The third-order valence-corrected chi connectivity index (χ3v) is 10.3. The van der Waals surface area contributed by atoms with E-state index in [-0.39, 0.29) is 34.9 Å². The first-order valence-corrected chi connectivity index (χ1v) is 14.3. The number of hydrogen-bond acceptors (Lipinski definition) is 3. The number of carbonyl (C=O) groups is 1. The van der Waals surface area contributed by atoms with Crippen LogP contribution in [0.4, 0.5) is 14.5 Å². The Morgan fingerprint density at radius 2 is 1.71 bits per heavy atom. The molecule has 5 rings (SSSR count). The van der Waals surface area contributed by atoms with E-state index in [9.17, 15) is 22.0 Å². The van der Waals surface area contributed by atoms with Crippen LogP contribution in [0.25, 0.3) is 0 Å². The van der Waals surface area contributed by atoms with Crippen molar-refractivity contribution in [3.63, 3.8) is 0 Å². The van der Waals surface area contributed by atoms with Gasteiger partial charge in [-0.1, -0.05) is 28.9 Å². The Kier molecular flexibility index (Phi) is 6.33. The highest BCUT2D eigenvalue weighted by Crippen LogP contribution is 2.51. The van der Waals surface area contributed by atoms with Crippen molar-refractivity contribution < 1.29 is 22.0 Å². The minimum atomic E-state index is -3.97. The number of hydrogen-bond donors (Lipinski definition) is 0. The smallest absolute Gasteiger partial charge is 0.258 e. The quantitative estimate of drug-likeness (QED) is 0.459. The van der Waals surface area contributed by atoms with Crippen LogP contribution in [0.15, 0.2) is 51.8 Å². The molecule has 2 aromatic rings. The van der Waals surface area contributed by atoms with E-state index in [1.807, 2.05) is 12.1 Å². The van der Waals surface area contributed by atoms with Gasteiger partial charge in [0.05, 0.1) is 4.90 Å². The predicted molar refractivity (Wildman–Crippen MR) is 135 cm³/mol. The summed E-state index contributed by atoms with van der Waals surface area (Å²) in [6, 6.07) is 12.0. The minimum Gasteiger partial charge on any atom is -0.307 e. The van der Waals surface area contributed by atoms with Crippen LogP contribution in [0.2, 0.25) is 0 Å². The van der Waals surface area contributed by atoms with Crippen LogP contribution in [-0.4, -0.2) is 44.2 Å². The third-order valence-electron chi connectivity index (χ3n) is 7.93. The number of sulfonamides is 1. The normalized spacial score (nSPS) is 26.6. The number of fused-ring (bicyclic) bond motifs is 2. The highest BCUT2D eigenvalue weighted by Gasteiger charge is 2.46. The van der Waals surface area contributed by atoms with E-state index in [4.69, 9.17) is 0 Å². The molecule has 2 aliphatic heterocycles. The van der Waals surface area contributed by atoms with E-state index in [1.54, 1.807) is 17.0 Å². The lowest BCUT2D eigenvalue weighted by molar-refractivity contribution is -0.0412. The van der Waals surface area contributed by atoms with Crippen molar-refractivity contribution in [2.75, 3.05) is 24.5 Å². The molecule has 5 nitrogen and oxygen atoms in total. The molecule has 2 aromatic carbocycles. The topological polar surface area (TPSA) is 57.7 Å². The SMILES string of the molecule is CC1CCC2(CC1)CN(C(=O)c1cccc(S(=O)(=O)N3CCC(F)(F)CC3)c1)c1ccc(Br)cc12. The second-order valence-corrected chi connectivity index (χ2v) is 13.2. The minimum absolute atomic E-state index is 0.0370. The van der Waals surface area contributed by atoms with Gasteiger partial charge in [-0.15, -0.1) is 0 Å². The fraction of sp³-hybridized carbons (Fsp3) is 0.500. The Bertz CT molecular complexity index is 1250. The van der Waals surface area contributed by atoms with E-state index in [2.05, 4.69) is 28.9 Å². The number of carbonyl (C=O) groups excluding carboxylic acids is 1. The maximum Gasteiger partial charge on any atom is 0.258 e. The number of piperidine rings is 1. The van der Waals surface area contributed by atoms with Crippen molar-refractivity contribution >= 4 is 37.5 Å². The monoisotopic (exact) mass is 566 g/mol. The molecule has 0 radical (unpaired) electrons. The second kappa shape index (κ2) is 8.92. The van der Waals surface area contributed by atoms with Crippen molar-refractivity contribution in [1.82, 2.24) is 4.31 Å². The molecular weight excluding hydrogens is 538 g/mol. The van der Waals surface area contributed by atoms with Gasteiger partial charge in [-0.2, -0.15) is 4.31 Å². The summed E-state index contributed by atoms with van der Waals surface area (Å²) in [6.07, 6.45) is 3.25. The van der Waals surface area contributed by atoms with Gasteiger partial charge in [0.25, 0.3) is 11.8 Å². The lowest BCUT2D eigenvalue weighted by Gasteiger charge is -2.37. The molecular formula is C26H29BrF2N2O3S. The Labute approximate surface area is 213 Å². The van der Waals surface area contributed by atoms with Gasteiger partial charge in [-0.25, -0.2) is 17.2 Å². The number of anilines is 1. The lowest BCUT2D eigenvalue weighted by atomic mass is 9.68. The molecule has 0 atom stereocenters. The number of benzene rings is 2. The molecule has 188 valence electrons. The molecule has 1 spiro atoms. The molecule has 0 aromatic heterocycles. The largest absolute Gasteiger partial charge is 0.307 e. The van der Waals surface area contributed by atoms with Gasteiger partial charge in [-0.3, -0.25) is 4.79 Å². The molecule has 9 heteroatoms.